The molecule has 0 aromatic heterocycles. The quantitative estimate of drug-likeness (QED) is 0.793. The van der Waals surface area contributed by atoms with E-state index < -0.39 is 0 Å². The first kappa shape index (κ1) is 13.3. The number of likely N-dealkylation sites (tertiary alicyclic amines) is 1. The average molecular weight is 244 g/mol. The third kappa shape index (κ3) is 3.95. The van der Waals surface area contributed by atoms with Crippen molar-refractivity contribution in [2.24, 2.45) is 11.8 Å². The fourth-order valence-electron chi connectivity index (χ4n) is 2.75. The summed E-state index contributed by atoms with van der Waals surface area (Å²) in [6.07, 6.45) is 5.77. The van der Waals surface area contributed by atoms with Crippen LogP contribution in [-0.2, 0) is 11.2 Å². The normalized spacial score (nSPS) is 19.6. The first-order chi connectivity index (χ1) is 8.78. The Hall–Kier alpha value is -1.15. The minimum Gasteiger partial charge on any atom is -0.303 e. The van der Waals surface area contributed by atoms with Crippen LogP contribution in [0.3, 0.4) is 0 Å². The van der Waals surface area contributed by atoms with Gasteiger partial charge in [0.1, 0.15) is 0 Å². The van der Waals surface area contributed by atoms with E-state index in [1.165, 1.54) is 24.8 Å². The summed E-state index contributed by atoms with van der Waals surface area (Å²) in [4.78, 5) is 12.9. The maximum Gasteiger partial charge on any atom is 0.202 e. The van der Waals surface area contributed by atoms with Crippen LogP contribution in [0.1, 0.15) is 25.3 Å². The Morgan fingerprint density at radius 2 is 1.94 bits per heavy atom. The highest BCUT2D eigenvalue weighted by atomic mass is 16.1. The zero-order valence-corrected chi connectivity index (χ0v) is 11.1. The largest absolute Gasteiger partial charge is 0.303 e. The molecule has 1 aromatic rings. The van der Waals surface area contributed by atoms with Gasteiger partial charge in [0.2, 0.25) is 6.29 Å². The minimum absolute atomic E-state index is 0.0515. The van der Waals surface area contributed by atoms with Crippen molar-refractivity contribution in [3.8, 4) is 0 Å². The molecule has 1 saturated heterocycles. The topological polar surface area (TPSA) is 20.3 Å². The number of benzene rings is 1. The van der Waals surface area contributed by atoms with Crippen LogP contribution in [0.15, 0.2) is 30.3 Å². The van der Waals surface area contributed by atoms with Crippen molar-refractivity contribution in [2.75, 3.05) is 19.6 Å². The highest BCUT2D eigenvalue weighted by Gasteiger charge is 2.20. The van der Waals surface area contributed by atoms with Crippen molar-refractivity contribution in [1.29, 1.82) is 0 Å². The van der Waals surface area contributed by atoms with Gasteiger partial charge in [0.05, 0.1) is 0 Å². The van der Waals surface area contributed by atoms with Gasteiger partial charge in [-0.05, 0) is 43.8 Å². The molecule has 2 rings (SSSR count). The van der Waals surface area contributed by atoms with Crippen LogP contribution in [-0.4, -0.2) is 30.8 Å². The van der Waals surface area contributed by atoms with Gasteiger partial charge in [0.15, 0.2) is 0 Å². The number of piperidine rings is 1. The third-order valence-electron chi connectivity index (χ3n) is 3.81. The van der Waals surface area contributed by atoms with E-state index in [0.717, 1.165) is 25.6 Å². The van der Waals surface area contributed by atoms with E-state index in [2.05, 4.69) is 41.5 Å². The number of carbonyl (C=O) groups excluding carboxylic acids is 1. The molecule has 1 fully saturated rings. The summed E-state index contributed by atoms with van der Waals surface area (Å²) in [5.74, 6) is 0.856. The van der Waals surface area contributed by atoms with E-state index in [9.17, 15) is 4.79 Å². The maximum absolute atomic E-state index is 10.5. The summed E-state index contributed by atoms with van der Waals surface area (Å²) in [6, 6.07) is 10.7. The monoisotopic (exact) mass is 244 g/mol. The van der Waals surface area contributed by atoms with Crippen LogP contribution >= 0.6 is 0 Å². The summed E-state index contributed by atoms with van der Waals surface area (Å²) in [5.41, 5.74) is 1.45. The predicted molar refractivity (Wildman–Crippen MR) is 74.2 cm³/mol. The van der Waals surface area contributed by atoms with Gasteiger partial charge >= 0.3 is 0 Å². The summed E-state index contributed by atoms with van der Waals surface area (Å²) in [6.45, 7) is 5.08. The van der Waals surface area contributed by atoms with Gasteiger partial charge in [-0.25, -0.2) is 0 Å². The van der Waals surface area contributed by atoms with E-state index >= 15 is 0 Å². The summed E-state index contributed by atoms with van der Waals surface area (Å²) < 4.78 is 0. The molecule has 0 aliphatic carbocycles. The molecule has 1 aliphatic rings. The van der Waals surface area contributed by atoms with E-state index in [0.29, 0.717) is 0 Å². The standard InChI is InChI=1S/C16H22NO/c1-14(13-18)12-17-9-7-16(8-10-17)11-15-5-3-2-4-6-15/h2-6,14,16H,7-12H2,1H3. The van der Waals surface area contributed by atoms with Crippen molar-refractivity contribution in [3.05, 3.63) is 35.9 Å². The van der Waals surface area contributed by atoms with Crippen molar-refractivity contribution in [2.45, 2.75) is 26.2 Å². The van der Waals surface area contributed by atoms with Crippen molar-refractivity contribution < 1.29 is 4.79 Å². The number of hydrogen-bond donors (Lipinski definition) is 0. The van der Waals surface area contributed by atoms with Gasteiger partial charge in [0.25, 0.3) is 0 Å². The third-order valence-corrected chi connectivity index (χ3v) is 3.81. The molecule has 0 saturated carbocycles. The van der Waals surface area contributed by atoms with Gasteiger partial charge in [-0.15, -0.1) is 0 Å². The molecule has 1 radical (unpaired) electrons. The van der Waals surface area contributed by atoms with E-state index in [4.69, 9.17) is 0 Å². The van der Waals surface area contributed by atoms with Crippen LogP contribution in [0.2, 0.25) is 0 Å². The number of nitrogens with zero attached hydrogens (tertiary/aromatic N) is 1. The second-order valence-electron chi connectivity index (χ2n) is 5.45. The zero-order chi connectivity index (χ0) is 12.8. The first-order valence-corrected chi connectivity index (χ1v) is 6.92. The fourth-order valence-corrected chi connectivity index (χ4v) is 2.75. The molecule has 0 amide bonds. The lowest BCUT2D eigenvalue weighted by Crippen LogP contribution is -2.37. The lowest BCUT2D eigenvalue weighted by atomic mass is 9.90. The van der Waals surface area contributed by atoms with Crippen LogP contribution in [0.5, 0.6) is 0 Å². The molecule has 2 nitrogen and oxygen atoms in total. The Kier molecular flexibility index (Phi) is 4.94. The highest BCUT2D eigenvalue weighted by molar-refractivity contribution is 5.54. The Balaban J connectivity index is 1.75. The van der Waals surface area contributed by atoms with Gasteiger partial charge in [-0.2, -0.15) is 0 Å². The fraction of sp³-hybridized carbons (Fsp3) is 0.562. The average Bonchev–Trinajstić information content (AvgIpc) is 2.42. The van der Waals surface area contributed by atoms with Crippen LogP contribution < -0.4 is 0 Å². The smallest absolute Gasteiger partial charge is 0.202 e. The molecule has 1 heterocycles. The second-order valence-corrected chi connectivity index (χ2v) is 5.45. The van der Waals surface area contributed by atoms with Crippen LogP contribution in [0, 0.1) is 11.8 Å². The molecule has 0 bridgehead atoms. The SMILES string of the molecule is CC([C]=O)CN1CCC(Cc2ccccc2)CC1. The number of hydrogen-bond acceptors (Lipinski definition) is 2. The molecule has 1 aliphatic heterocycles. The van der Waals surface area contributed by atoms with Gasteiger partial charge in [-0.1, -0.05) is 37.3 Å². The molecule has 18 heavy (non-hydrogen) atoms. The highest BCUT2D eigenvalue weighted by Crippen LogP contribution is 2.21. The molecular formula is C16H22NO. The molecule has 1 aromatic carbocycles. The Morgan fingerprint density at radius 3 is 2.56 bits per heavy atom. The molecule has 2 heteroatoms. The molecule has 1 unspecified atom stereocenters. The summed E-state index contributed by atoms with van der Waals surface area (Å²) in [5, 5.41) is 0. The minimum atomic E-state index is 0.0515. The molecule has 0 N–H and O–H groups in total. The van der Waals surface area contributed by atoms with Crippen LogP contribution in [0.25, 0.3) is 0 Å². The molecule has 0 spiro atoms. The van der Waals surface area contributed by atoms with Crippen LogP contribution in [0.4, 0.5) is 0 Å². The number of rotatable bonds is 5. The Morgan fingerprint density at radius 1 is 1.28 bits per heavy atom. The lowest BCUT2D eigenvalue weighted by molar-refractivity contribution is 0.175. The molecular weight excluding hydrogens is 222 g/mol. The van der Waals surface area contributed by atoms with Gasteiger partial charge in [-0.3, -0.25) is 4.79 Å². The van der Waals surface area contributed by atoms with Gasteiger partial charge < -0.3 is 4.90 Å². The molecule has 1 atom stereocenters. The van der Waals surface area contributed by atoms with Crippen molar-refractivity contribution >= 4 is 6.29 Å². The van der Waals surface area contributed by atoms with E-state index in [-0.39, 0.29) is 5.92 Å². The van der Waals surface area contributed by atoms with Crippen molar-refractivity contribution in [3.63, 3.8) is 0 Å². The summed E-state index contributed by atoms with van der Waals surface area (Å²) in [7, 11) is 0. The predicted octanol–water partition coefficient (Wildman–Crippen LogP) is 2.69. The zero-order valence-electron chi connectivity index (χ0n) is 11.1. The first-order valence-electron chi connectivity index (χ1n) is 6.92. The van der Waals surface area contributed by atoms with E-state index in [1.807, 2.05) is 6.92 Å². The second kappa shape index (κ2) is 6.69. The Labute approximate surface area is 110 Å². The molecule has 97 valence electrons. The lowest BCUT2D eigenvalue weighted by Gasteiger charge is -2.32. The Bertz CT molecular complexity index is 355. The van der Waals surface area contributed by atoms with Gasteiger partial charge in [0, 0.05) is 12.5 Å². The van der Waals surface area contributed by atoms with E-state index in [1.54, 1.807) is 0 Å². The maximum atomic E-state index is 10.5. The summed E-state index contributed by atoms with van der Waals surface area (Å²) >= 11 is 0. The van der Waals surface area contributed by atoms with Crippen molar-refractivity contribution in [1.82, 2.24) is 4.90 Å².